The maximum Gasteiger partial charge on any atom is 0.222 e. The highest BCUT2D eigenvalue weighted by atomic mass is 32.1. The third-order valence-electron chi connectivity index (χ3n) is 3.21. The van der Waals surface area contributed by atoms with Gasteiger partial charge in [-0.15, -0.1) is 0 Å². The van der Waals surface area contributed by atoms with Crippen molar-refractivity contribution in [3.63, 3.8) is 0 Å². The van der Waals surface area contributed by atoms with E-state index in [-0.39, 0.29) is 0 Å². The van der Waals surface area contributed by atoms with Gasteiger partial charge in [0.2, 0.25) is 5.88 Å². The minimum atomic E-state index is 0.336. The van der Waals surface area contributed by atoms with Crippen LogP contribution in [0, 0.1) is 12.8 Å². The molecule has 0 atom stereocenters. The Morgan fingerprint density at radius 2 is 2.22 bits per heavy atom. The third kappa shape index (κ3) is 2.81. The van der Waals surface area contributed by atoms with E-state index >= 15 is 0 Å². The van der Waals surface area contributed by atoms with Crippen molar-refractivity contribution >= 4 is 17.2 Å². The Kier molecular flexibility index (Phi) is 4.19. The van der Waals surface area contributed by atoms with Crippen LogP contribution in [0.2, 0.25) is 0 Å². The lowest BCUT2D eigenvalue weighted by atomic mass is 10.0. The zero-order valence-electron chi connectivity index (χ0n) is 10.8. The molecule has 0 spiro atoms. The molecule has 1 aromatic heterocycles. The molecule has 0 unspecified atom stereocenters. The van der Waals surface area contributed by atoms with Gasteiger partial charge >= 0.3 is 0 Å². The van der Waals surface area contributed by atoms with E-state index in [1.807, 2.05) is 14.0 Å². The molecular formula is C12H19N3O2S. The molecule has 1 saturated heterocycles. The molecule has 0 aromatic carbocycles. The summed E-state index contributed by atoms with van der Waals surface area (Å²) in [6.07, 6.45) is 2.08. The van der Waals surface area contributed by atoms with Gasteiger partial charge in [-0.2, -0.15) is 5.10 Å². The second-order valence-electron chi connectivity index (χ2n) is 4.62. The van der Waals surface area contributed by atoms with Crippen molar-refractivity contribution in [1.29, 1.82) is 0 Å². The SMILES string of the molecule is Cc1nn(C)c(OCC2CCOCC2)c1C(N)=S. The Hall–Kier alpha value is -1.14. The van der Waals surface area contributed by atoms with Crippen molar-refractivity contribution in [3.05, 3.63) is 11.3 Å². The first-order valence-electron chi connectivity index (χ1n) is 6.13. The normalized spacial score (nSPS) is 16.8. The summed E-state index contributed by atoms with van der Waals surface area (Å²) in [5.74, 6) is 1.21. The van der Waals surface area contributed by atoms with Crippen LogP contribution in [-0.2, 0) is 11.8 Å². The molecule has 2 heterocycles. The van der Waals surface area contributed by atoms with E-state index in [0.717, 1.165) is 37.3 Å². The van der Waals surface area contributed by atoms with Crippen LogP contribution < -0.4 is 10.5 Å². The highest BCUT2D eigenvalue weighted by Crippen LogP contribution is 2.23. The molecule has 0 bridgehead atoms. The zero-order chi connectivity index (χ0) is 13.1. The largest absolute Gasteiger partial charge is 0.477 e. The minimum absolute atomic E-state index is 0.336. The lowest BCUT2D eigenvalue weighted by Gasteiger charge is -2.22. The Balaban J connectivity index is 2.06. The Morgan fingerprint density at radius 3 is 2.83 bits per heavy atom. The van der Waals surface area contributed by atoms with Gasteiger partial charge in [0.1, 0.15) is 4.99 Å². The van der Waals surface area contributed by atoms with Crippen molar-refractivity contribution in [2.24, 2.45) is 18.7 Å². The maximum atomic E-state index is 5.87. The van der Waals surface area contributed by atoms with Gasteiger partial charge in [0.25, 0.3) is 0 Å². The first kappa shape index (κ1) is 13.3. The number of aromatic nitrogens is 2. The molecule has 0 radical (unpaired) electrons. The smallest absolute Gasteiger partial charge is 0.222 e. The minimum Gasteiger partial charge on any atom is -0.477 e. The maximum absolute atomic E-state index is 5.87. The molecule has 6 heteroatoms. The number of nitrogens with two attached hydrogens (primary N) is 1. The fraction of sp³-hybridized carbons (Fsp3) is 0.667. The van der Waals surface area contributed by atoms with Gasteiger partial charge in [0.05, 0.1) is 17.9 Å². The average molecular weight is 269 g/mol. The number of hydrogen-bond acceptors (Lipinski definition) is 4. The van der Waals surface area contributed by atoms with E-state index in [9.17, 15) is 0 Å². The van der Waals surface area contributed by atoms with Crippen LogP contribution in [0.1, 0.15) is 24.1 Å². The lowest BCUT2D eigenvalue weighted by Crippen LogP contribution is -2.23. The molecule has 100 valence electrons. The number of thiocarbonyl (C=S) groups is 1. The van der Waals surface area contributed by atoms with Gasteiger partial charge in [-0.25, -0.2) is 4.68 Å². The molecule has 1 fully saturated rings. The standard InChI is InChI=1S/C12H19N3O2S/c1-8-10(11(13)18)12(15(2)14-8)17-7-9-3-5-16-6-4-9/h9H,3-7H2,1-2H3,(H2,13,18). The summed E-state index contributed by atoms with van der Waals surface area (Å²) in [6, 6.07) is 0. The number of ether oxygens (including phenoxy) is 2. The van der Waals surface area contributed by atoms with Crippen molar-refractivity contribution in [2.75, 3.05) is 19.8 Å². The van der Waals surface area contributed by atoms with Gasteiger partial charge < -0.3 is 15.2 Å². The van der Waals surface area contributed by atoms with Gasteiger partial charge in [0.15, 0.2) is 0 Å². The van der Waals surface area contributed by atoms with Crippen LogP contribution in [0.3, 0.4) is 0 Å². The Morgan fingerprint density at radius 1 is 1.56 bits per heavy atom. The average Bonchev–Trinajstić information content (AvgIpc) is 2.62. The molecule has 0 amide bonds. The molecule has 1 aliphatic rings. The van der Waals surface area contributed by atoms with Crippen molar-refractivity contribution in [2.45, 2.75) is 19.8 Å². The first-order valence-corrected chi connectivity index (χ1v) is 6.54. The predicted molar refractivity (Wildman–Crippen MR) is 72.9 cm³/mol. The fourth-order valence-electron chi connectivity index (χ4n) is 2.20. The number of rotatable bonds is 4. The van der Waals surface area contributed by atoms with Crippen molar-refractivity contribution < 1.29 is 9.47 Å². The molecule has 1 aliphatic heterocycles. The summed E-state index contributed by atoms with van der Waals surface area (Å²) in [5.41, 5.74) is 7.28. The highest BCUT2D eigenvalue weighted by molar-refractivity contribution is 7.80. The van der Waals surface area contributed by atoms with Crippen molar-refractivity contribution in [1.82, 2.24) is 9.78 Å². The van der Waals surface area contributed by atoms with Gasteiger partial charge in [-0.05, 0) is 25.7 Å². The topological polar surface area (TPSA) is 62.3 Å². The Labute approximate surface area is 112 Å². The molecule has 2 rings (SSSR count). The predicted octanol–water partition coefficient (Wildman–Crippen LogP) is 1.17. The van der Waals surface area contributed by atoms with Crippen LogP contribution in [0.25, 0.3) is 0 Å². The molecule has 0 saturated carbocycles. The van der Waals surface area contributed by atoms with Crippen LogP contribution in [0.5, 0.6) is 5.88 Å². The number of hydrogen-bond donors (Lipinski definition) is 1. The molecule has 0 aliphatic carbocycles. The number of nitrogens with zero attached hydrogens (tertiary/aromatic N) is 2. The van der Waals surface area contributed by atoms with E-state index in [0.29, 0.717) is 23.4 Å². The second kappa shape index (κ2) is 5.67. The second-order valence-corrected chi connectivity index (χ2v) is 5.06. The van der Waals surface area contributed by atoms with Crippen LogP contribution in [0.15, 0.2) is 0 Å². The van der Waals surface area contributed by atoms with E-state index in [1.165, 1.54) is 0 Å². The van der Waals surface area contributed by atoms with E-state index in [1.54, 1.807) is 4.68 Å². The highest BCUT2D eigenvalue weighted by Gasteiger charge is 2.20. The molecule has 2 N–H and O–H groups in total. The quantitative estimate of drug-likeness (QED) is 0.831. The van der Waals surface area contributed by atoms with Gasteiger partial charge in [0, 0.05) is 20.3 Å². The monoisotopic (exact) mass is 269 g/mol. The molecule has 18 heavy (non-hydrogen) atoms. The van der Waals surface area contributed by atoms with Gasteiger partial charge in [-0.1, -0.05) is 12.2 Å². The van der Waals surface area contributed by atoms with E-state index < -0.39 is 0 Å². The van der Waals surface area contributed by atoms with E-state index in [4.69, 9.17) is 27.4 Å². The lowest BCUT2D eigenvalue weighted by molar-refractivity contribution is 0.0483. The van der Waals surface area contributed by atoms with Crippen LogP contribution in [0.4, 0.5) is 0 Å². The van der Waals surface area contributed by atoms with E-state index in [2.05, 4.69) is 5.10 Å². The van der Waals surface area contributed by atoms with Crippen LogP contribution >= 0.6 is 12.2 Å². The summed E-state index contributed by atoms with van der Waals surface area (Å²) < 4.78 is 12.9. The number of aryl methyl sites for hydroxylation is 2. The molecule has 5 nitrogen and oxygen atoms in total. The molecular weight excluding hydrogens is 250 g/mol. The summed E-state index contributed by atoms with van der Waals surface area (Å²) in [5, 5.41) is 4.30. The zero-order valence-corrected chi connectivity index (χ0v) is 11.6. The van der Waals surface area contributed by atoms with Crippen molar-refractivity contribution in [3.8, 4) is 5.88 Å². The summed E-state index contributed by atoms with van der Waals surface area (Å²) >= 11 is 5.05. The Bertz CT molecular complexity index is 439. The summed E-state index contributed by atoms with van der Waals surface area (Å²) in [6.45, 7) is 4.19. The summed E-state index contributed by atoms with van der Waals surface area (Å²) in [7, 11) is 1.84. The summed E-state index contributed by atoms with van der Waals surface area (Å²) in [4.78, 5) is 0.336. The third-order valence-corrected chi connectivity index (χ3v) is 3.42. The fourth-order valence-corrected chi connectivity index (χ4v) is 2.43. The molecule has 1 aromatic rings. The van der Waals surface area contributed by atoms with Crippen LogP contribution in [-0.4, -0.2) is 34.6 Å². The first-order chi connectivity index (χ1) is 8.59. The van der Waals surface area contributed by atoms with Gasteiger partial charge in [-0.3, -0.25) is 0 Å².